The van der Waals surface area contributed by atoms with Gasteiger partial charge in [-0.2, -0.15) is 0 Å². The molecule has 0 aliphatic rings. The first-order valence-electron chi connectivity index (χ1n) is 22.6. The average Bonchev–Trinajstić information content (AvgIpc) is 3.79. The van der Waals surface area contributed by atoms with Crippen molar-refractivity contribution >= 4 is 49.8 Å². The molecule has 0 spiro atoms. The van der Waals surface area contributed by atoms with Gasteiger partial charge >= 0.3 is 0 Å². The summed E-state index contributed by atoms with van der Waals surface area (Å²) in [6, 6.07) is 93.9. The minimum absolute atomic E-state index is 0.893. The third-order valence-corrected chi connectivity index (χ3v) is 12.9. The Bertz CT molecular complexity index is 3680. The van der Waals surface area contributed by atoms with Gasteiger partial charge in [0, 0.05) is 27.7 Å². The summed E-state index contributed by atoms with van der Waals surface area (Å²) in [6.07, 6.45) is 0. The van der Waals surface area contributed by atoms with Gasteiger partial charge in [-0.1, -0.05) is 212 Å². The molecule has 2 nitrogen and oxygen atoms in total. The summed E-state index contributed by atoms with van der Waals surface area (Å²) in [5.41, 5.74) is 19.1. The Labute approximate surface area is 384 Å². The largest absolute Gasteiger partial charge is 0.456 e. The van der Waals surface area contributed by atoms with Gasteiger partial charge in [0.2, 0.25) is 0 Å². The predicted octanol–water partition coefficient (Wildman–Crippen LogP) is 18.2. The van der Waals surface area contributed by atoms with E-state index in [1.807, 2.05) is 12.1 Å². The number of para-hydroxylation sites is 2. The monoisotopic (exact) mass is 841 g/mol. The molecule has 0 N–H and O–H groups in total. The SMILES string of the molecule is c1ccc(-c2ccccc2-c2ccccc2-c2ccccc2N(c2ccc(-c3ccc(-c4ccc5ccccc5c4)cc3)cc2)c2ccc(-c3cccc4oc5ccccc5c34)cc2)cc1. The molecule has 1 heterocycles. The summed E-state index contributed by atoms with van der Waals surface area (Å²) in [5.74, 6) is 0. The first kappa shape index (κ1) is 38.9. The maximum atomic E-state index is 6.29. The Morgan fingerprint density at radius 1 is 0.258 bits per heavy atom. The van der Waals surface area contributed by atoms with Crippen molar-refractivity contribution < 1.29 is 4.42 Å². The van der Waals surface area contributed by atoms with Crippen LogP contribution in [-0.4, -0.2) is 0 Å². The zero-order valence-corrected chi connectivity index (χ0v) is 36.2. The standard InChI is InChI=1S/C64H43NO/c1-2-16-48(17-3-1)54-19-6-7-20-56(54)57-21-8-9-22-58(57)59-23-10-12-26-61(59)65(53-41-37-49(38-42-53)55-25-14-28-63-64(55)60-24-11-13-27-62(60)66-63)52-39-35-46(36-40-52)45-29-31-47(32-30-45)51-34-33-44-15-4-5-18-50(44)43-51/h1-43H. The molecule has 12 aromatic rings. The Morgan fingerprint density at radius 2 is 0.712 bits per heavy atom. The second-order valence-corrected chi connectivity index (χ2v) is 16.8. The van der Waals surface area contributed by atoms with Crippen LogP contribution in [0.1, 0.15) is 0 Å². The molecule has 1 aromatic heterocycles. The van der Waals surface area contributed by atoms with Crippen LogP contribution in [0.4, 0.5) is 17.1 Å². The quantitative estimate of drug-likeness (QED) is 0.144. The van der Waals surface area contributed by atoms with Gasteiger partial charge in [-0.3, -0.25) is 0 Å². The molecule has 0 saturated carbocycles. The van der Waals surface area contributed by atoms with E-state index in [4.69, 9.17) is 4.42 Å². The van der Waals surface area contributed by atoms with Crippen LogP contribution >= 0.6 is 0 Å². The van der Waals surface area contributed by atoms with Crippen LogP contribution < -0.4 is 4.90 Å². The Balaban J connectivity index is 0.964. The first-order valence-corrected chi connectivity index (χ1v) is 22.6. The number of furan rings is 1. The lowest BCUT2D eigenvalue weighted by Gasteiger charge is -2.29. The Morgan fingerprint density at radius 3 is 1.42 bits per heavy atom. The average molecular weight is 842 g/mol. The van der Waals surface area contributed by atoms with E-state index in [0.717, 1.165) is 61.3 Å². The summed E-state index contributed by atoms with van der Waals surface area (Å²) in [4.78, 5) is 2.40. The lowest BCUT2D eigenvalue weighted by Crippen LogP contribution is -2.11. The van der Waals surface area contributed by atoms with Crippen molar-refractivity contribution in [3.8, 4) is 66.8 Å². The lowest BCUT2D eigenvalue weighted by molar-refractivity contribution is 0.669. The Kier molecular flexibility index (Phi) is 9.89. The molecule has 0 bridgehead atoms. The molecule has 0 fully saturated rings. The molecule has 11 aromatic carbocycles. The van der Waals surface area contributed by atoms with Gasteiger partial charge in [0.1, 0.15) is 11.2 Å². The van der Waals surface area contributed by atoms with E-state index in [2.05, 4.69) is 254 Å². The fourth-order valence-electron chi connectivity index (χ4n) is 9.70. The minimum atomic E-state index is 0.893. The molecule has 2 heteroatoms. The van der Waals surface area contributed by atoms with Crippen molar-refractivity contribution in [2.45, 2.75) is 0 Å². The van der Waals surface area contributed by atoms with Gasteiger partial charge in [0.25, 0.3) is 0 Å². The van der Waals surface area contributed by atoms with Gasteiger partial charge < -0.3 is 9.32 Å². The molecule has 0 atom stereocenters. The molecular weight excluding hydrogens is 799 g/mol. The molecule has 0 amide bonds. The van der Waals surface area contributed by atoms with E-state index in [1.54, 1.807) is 0 Å². The molecule has 0 saturated heterocycles. The number of rotatable bonds is 9. The van der Waals surface area contributed by atoms with Crippen molar-refractivity contribution in [2.75, 3.05) is 4.90 Å². The van der Waals surface area contributed by atoms with Crippen molar-refractivity contribution in [1.82, 2.24) is 0 Å². The highest BCUT2D eigenvalue weighted by molar-refractivity contribution is 6.12. The van der Waals surface area contributed by atoms with Crippen LogP contribution in [0, 0.1) is 0 Å². The van der Waals surface area contributed by atoms with Crippen LogP contribution in [0.15, 0.2) is 265 Å². The molecule has 310 valence electrons. The van der Waals surface area contributed by atoms with Crippen LogP contribution in [0.2, 0.25) is 0 Å². The predicted molar refractivity (Wildman–Crippen MR) is 279 cm³/mol. The molecule has 66 heavy (non-hydrogen) atoms. The topological polar surface area (TPSA) is 16.4 Å². The second kappa shape index (κ2) is 16.8. The van der Waals surface area contributed by atoms with Gasteiger partial charge in [-0.05, 0) is 121 Å². The zero-order valence-electron chi connectivity index (χ0n) is 36.2. The summed E-state index contributed by atoms with van der Waals surface area (Å²) in [5, 5.41) is 4.76. The minimum Gasteiger partial charge on any atom is -0.456 e. The highest BCUT2D eigenvalue weighted by atomic mass is 16.3. The number of nitrogens with zero attached hydrogens (tertiary/aromatic N) is 1. The van der Waals surface area contributed by atoms with Crippen LogP contribution in [0.5, 0.6) is 0 Å². The summed E-state index contributed by atoms with van der Waals surface area (Å²) < 4.78 is 6.29. The number of fused-ring (bicyclic) bond motifs is 4. The van der Waals surface area contributed by atoms with Gasteiger partial charge in [-0.25, -0.2) is 0 Å². The van der Waals surface area contributed by atoms with Gasteiger partial charge in [0.15, 0.2) is 0 Å². The summed E-state index contributed by atoms with van der Waals surface area (Å²) >= 11 is 0. The maximum absolute atomic E-state index is 6.29. The molecule has 0 aliphatic carbocycles. The highest BCUT2D eigenvalue weighted by Gasteiger charge is 2.21. The van der Waals surface area contributed by atoms with E-state index >= 15 is 0 Å². The number of benzene rings is 11. The lowest BCUT2D eigenvalue weighted by atomic mass is 9.88. The first-order chi connectivity index (χ1) is 32.7. The molecular formula is C64H43NO. The van der Waals surface area contributed by atoms with E-state index in [9.17, 15) is 0 Å². The number of hydrogen-bond donors (Lipinski definition) is 0. The third-order valence-electron chi connectivity index (χ3n) is 12.9. The van der Waals surface area contributed by atoms with E-state index < -0.39 is 0 Å². The van der Waals surface area contributed by atoms with Crippen molar-refractivity contribution in [3.05, 3.63) is 261 Å². The van der Waals surface area contributed by atoms with E-state index in [1.165, 1.54) is 55.3 Å². The van der Waals surface area contributed by atoms with Gasteiger partial charge in [0.05, 0.1) is 5.69 Å². The molecule has 0 unspecified atom stereocenters. The van der Waals surface area contributed by atoms with Crippen LogP contribution in [0.3, 0.4) is 0 Å². The van der Waals surface area contributed by atoms with Crippen molar-refractivity contribution in [3.63, 3.8) is 0 Å². The maximum Gasteiger partial charge on any atom is 0.136 e. The zero-order chi connectivity index (χ0) is 43.8. The van der Waals surface area contributed by atoms with Crippen LogP contribution in [0.25, 0.3) is 99.5 Å². The Hall–Kier alpha value is -8.72. The summed E-state index contributed by atoms with van der Waals surface area (Å²) in [7, 11) is 0. The van der Waals surface area contributed by atoms with Crippen LogP contribution in [-0.2, 0) is 0 Å². The third kappa shape index (κ3) is 7.12. The molecule has 12 rings (SSSR count). The number of hydrogen-bond acceptors (Lipinski definition) is 2. The fraction of sp³-hybridized carbons (Fsp3) is 0. The van der Waals surface area contributed by atoms with E-state index in [-0.39, 0.29) is 0 Å². The van der Waals surface area contributed by atoms with Crippen molar-refractivity contribution in [1.29, 1.82) is 0 Å². The van der Waals surface area contributed by atoms with Crippen molar-refractivity contribution in [2.24, 2.45) is 0 Å². The number of anilines is 3. The smallest absolute Gasteiger partial charge is 0.136 e. The van der Waals surface area contributed by atoms with Gasteiger partial charge in [-0.15, -0.1) is 0 Å². The second-order valence-electron chi connectivity index (χ2n) is 16.8. The molecule has 0 radical (unpaired) electrons. The fourth-order valence-corrected chi connectivity index (χ4v) is 9.70. The molecule has 0 aliphatic heterocycles. The highest BCUT2D eigenvalue weighted by Crippen LogP contribution is 2.46. The summed E-state index contributed by atoms with van der Waals surface area (Å²) in [6.45, 7) is 0. The van der Waals surface area contributed by atoms with E-state index in [0.29, 0.717) is 0 Å². The normalized spacial score (nSPS) is 11.3.